The molecule has 134 valence electrons. The highest BCUT2D eigenvalue weighted by Crippen LogP contribution is 2.30. The Morgan fingerprint density at radius 2 is 1.50 bits per heavy atom. The number of nitrogens with zero attached hydrogens (tertiary/aromatic N) is 1. The van der Waals surface area contributed by atoms with Crippen molar-refractivity contribution in [1.82, 2.24) is 0 Å². The summed E-state index contributed by atoms with van der Waals surface area (Å²) in [6.45, 7) is 0.182. The molecule has 26 heavy (non-hydrogen) atoms. The van der Waals surface area contributed by atoms with Crippen molar-refractivity contribution < 1.29 is 13.2 Å². The Hall–Kier alpha value is -2.50. The van der Waals surface area contributed by atoms with Gasteiger partial charge in [0.1, 0.15) is 10.6 Å². The number of halogens is 1. The van der Waals surface area contributed by atoms with E-state index in [2.05, 4.69) is 0 Å². The molecule has 0 aliphatic heterocycles. The van der Waals surface area contributed by atoms with Gasteiger partial charge in [-0.05, 0) is 42.0 Å². The zero-order valence-corrected chi connectivity index (χ0v) is 15.7. The SMILES string of the molecule is COc1ccc(CN(c2ccccc2)S(=O)(=O)c2ccccc2Cl)cc1. The van der Waals surface area contributed by atoms with Crippen LogP contribution in [0.15, 0.2) is 83.8 Å². The molecule has 0 aromatic heterocycles. The third-order valence-corrected chi connectivity index (χ3v) is 6.21. The molecule has 0 fully saturated rings. The zero-order valence-electron chi connectivity index (χ0n) is 14.2. The van der Waals surface area contributed by atoms with Crippen molar-refractivity contribution in [1.29, 1.82) is 0 Å². The third-order valence-electron chi connectivity index (χ3n) is 3.93. The molecule has 0 atom stereocenters. The molecule has 6 heteroatoms. The number of rotatable bonds is 6. The van der Waals surface area contributed by atoms with Gasteiger partial charge in [-0.25, -0.2) is 8.42 Å². The summed E-state index contributed by atoms with van der Waals surface area (Å²) < 4.78 is 33.1. The van der Waals surface area contributed by atoms with Crippen LogP contribution < -0.4 is 9.04 Å². The van der Waals surface area contributed by atoms with Crippen LogP contribution in [0.5, 0.6) is 5.75 Å². The minimum Gasteiger partial charge on any atom is -0.497 e. The molecule has 0 N–H and O–H groups in total. The van der Waals surface area contributed by atoms with Crippen molar-refractivity contribution in [2.75, 3.05) is 11.4 Å². The maximum Gasteiger partial charge on any atom is 0.266 e. The number of ether oxygens (including phenoxy) is 1. The van der Waals surface area contributed by atoms with E-state index >= 15 is 0 Å². The van der Waals surface area contributed by atoms with Gasteiger partial charge in [0.05, 0.1) is 24.4 Å². The summed E-state index contributed by atoms with van der Waals surface area (Å²) in [6.07, 6.45) is 0. The molecule has 3 rings (SSSR count). The number of para-hydroxylation sites is 1. The van der Waals surface area contributed by atoms with E-state index in [1.54, 1.807) is 61.7 Å². The van der Waals surface area contributed by atoms with E-state index in [4.69, 9.17) is 16.3 Å². The number of methoxy groups -OCH3 is 1. The summed E-state index contributed by atoms with van der Waals surface area (Å²) in [5, 5.41) is 0.197. The van der Waals surface area contributed by atoms with Crippen molar-refractivity contribution in [3.8, 4) is 5.75 Å². The van der Waals surface area contributed by atoms with Gasteiger partial charge in [0, 0.05) is 0 Å². The number of hydrogen-bond acceptors (Lipinski definition) is 3. The molecule has 0 amide bonds. The van der Waals surface area contributed by atoms with Crippen molar-refractivity contribution in [2.45, 2.75) is 11.4 Å². The molecule has 0 bridgehead atoms. The number of sulfonamides is 1. The number of benzene rings is 3. The molecular weight excluding hydrogens is 370 g/mol. The highest BCUT2D eigenvalue weighted by molar-refractivity contribution is 7.93. The Bertz CT molecular complexity index is 973. The van der Waals surface area contributed by atoms with Crippen LogP contribution in [0.3, 0.4) is 0 Å². The summed E-state index contributed by atoms with van der Waals surface area (Å²) in [5.74, 6) is 0.717. The molecular formula is C20H18ClNO3S. The fraction of sp³-hybridized carbons (Fsp3) is 0.100. The Labute approximate surface area is 158 Å². The second kappa shape index (κ2) is 7.81. The number of anilines is 1. The van der Waals surface area contributed by atoms with Gasteiger partial charge in [-0.15, -0.1) is 0 Å². The van der Waals surface area contributed by atoms with E-state index in [9.17, 15) is 8.42 Å². The molecule has 4 nitrogen and oxygen atoms in total. The Morgan fingerprint density at radius 3 is 2.12 bits per heavy atom. The van der Waals surface area contributed by atoms with Crippen LogP contribution in [0.2, 0.25) is 5.02 Å². The average molecular weight is 388 g/mol. The lowest BCUT2D eigenvalue weighted by molar-refractivity contribution is 0.414. The predicted molar refractivity (Wildman–Crippen MR) is 104 cm³/mol. The standard InChI is InChI=1S/C20H18ClNO3S/c1-25-18-13-11-16(12-14-18)15-22(17-7-3-2-4-8-17)26(23,24)20-10-6-5-9-19(20)21/h2-14H,15H2,1H3. The first-order valence-electron chi connectivity index (χ1n) is 7.97. The fourth-order valence-corrected chi connectivity index (χ4v) is 4.53. The van der Waals surface area contributed by atoms with Crippen LogP contribution in [0.4, 0.5) is 5.69 Å². The van der Waals surface area contributed by atoms with Gasteiger partial charge in [-0.3, -0.25) is 4.31 Å². The summed E-state index contributed by atoms with van der Waals surface area (Å²) in [5.41, 5.74) is 1.41. The van der Waals surface area contributed by atoms with E-state index in [1.165, 1.54) is 10.4 Å². The van der Waals surface area contributed by atoms with Crippen molar-refractivity contribution in [3.05, 3.63) is 89.4 Å². The Kier molecular flexibility index (Phi) is 5.49. The van der Waals surface area contributed by atoms with Crippen molar-refractivity contribution in [2.24, 2.45) is 0 Å². The van der Waals surface area contributed by atoms with Gasteiger partial charge in [-0.1, -0.05) is 54.1 Å². The second-order valence-corrected chi connectivity index (χ2v) is 7.86. The molecule has 0 saturated carbocycles. The van der Waals surface area contributed by atoms with Gasteiger partial charge in [-0.2, -0.15) is 0 Å². The van der Waals surface area contributed by atoms with Crippen LogP contribution in [0, 0.1) is 0 Å². The maximum absolute atomic E-state index is 13.3. The van der Waals surface area contributed by atoms with E-state index in [1.807, 2.05) is 18.2 Å². The first kappa shape index (κ1) is 18.3. The molecule has 3 aromatic rings. The van der Waals surface area contributed by atoms with Gasteiger partial charge in [0.15, 0.2) is 0 Å². The predicted octanol–water partition coefficient (Wildman–Crippen LogP) is 4.74. The first-order chi connectivity index (χ1) is 12.5. The first-order valence-corrected chi connectivity index (χ1v) is 9.79. The Balaban J connectivity index is 2.05. The van der Waals surface area contributed by atoms with Crippen molar-refractivity contribution >= 4 is 27.3 Å². The van der Waals surface area contributed by atoms with E-state index in [0.717, 1.165) is 5.56 Å². The second-order valence-electron chi connectivity index (χ2n) is 5.63. The van der Waals surface area contributed by atoms with Gasteiger partial charge in [0.25, 0.3) is 10.0 Å². The van der Waals surface area contributed by atoms with E-state index in [0.29, 0.717) is 11.4 Å². The van der Waals surface area contributed by atoms with E-state index in [-0.39, 0.29) is 16.5 Å². The minimum absolute atomic E-state index is 0.0824. The van der Waals surface area contributed by atoms with Crippen LogP contribution in [0.1, 0.15) is 5.56 Å². The molecule has 0 spiro atoms. The zero-order chi connectivity index (χ0) is 18.6. The normalized spacial score (nSPS) is 11.2. The van der Waals surface area contributed by atoms with E-state index < -0.39 is 10.0 Å². The summed E-state index contributed by atoms with van der Waals surface area (Å²) in [7, 11) is -2.24. The highest BCUT2D eigenvalue weighted by Gasteiger charge is 2.27. The average Bonchev–Trinajstić information content (AvgIpc) is 2.67. The topological polar surface area (TPSA) is 46.6 Å². The molecule has 0 heterocycles. The molecule has 0 radical (unpaired) electrons. The lowest BCUT2D eigenvalue weighted by Gasteiger charge is -2.25. The van der Waals surface area contributed by atoms with Gasteiger partial charge < -0.3 is 4.74 Å². The van der Waals surface area contributed by atoms with Gasteiger partial charge >= 0.3 is 0 Å². The fourth-order valence-electron chi connectivity index (χ4n) is 2.58. The van der Waals surface area contributed by atoms with Crippen LogP contribution >= 0.6 is 11.6 Å². The smallest absolute Gasteiger partial charge is 0.266 e. The summed E-state index contributed by atoms with van der Waals surface area (Å²) in [6, 6.07) is 22.7. The van der Waals surface area contributed by atoms with Crippen LogP contribution in [-0.4, -0.2) is 15.5 Å². The molecule has 0 aliphatic carbocycles. The monoisotopic (exact) mass is 387 g/mol. The lowest BCUT2D eigenvalue weighted by Crippen LogP contribution is -2.30. The lowest BCUT2D eigenvalue weighted by atomic mass is 10.2. The summed E-state index contributed by atoms with van der Waals surface area (Å²) >= 11 is 6.16. The van der Waals surface area contributed by atoms with Gasteiger partial charge in [0.2, 0.25) is 0 Å². The molecule has 0 aliphatic rings. The maximum atomic E-state index is 13.3. The highest BCUT2D eigenvalue weighted by atomic mass is 35.5. The molecule has 3 aromatic carbocycles. The molecule has 0 unspecified atom stereocenters. The number of hydrogen-bond donors (Lipinski definition) is 0. The molecule has 0 saturated heterocycles. The quantitative estimate of drug-likeness (QED) is 0.613. The largest absolute Gasteiger partial charge is 0.497 e. The van der Waals surface area contributed by atoms with Crippen LogP contribution in [-0.2, 0) is 16.6 Å². The minimum atomic E-state index is -3.83. The third kappa shape index (κ3) is 3.84. The van der Waals surface area contributed by atoms with Crippen LogP contribution in [0.25, 0.3) is 0 Å². The Morgan fingerprint density at radius 1 is 0.885 bits per heavy atom. The van der Waals surface area contributed by atoms with Crippen molar-refractivity contribution in [3.63, 3.8) is 0 Å². The summed E-state index contributed by atoms with van der Waals surface area (Å²) in [4.78, 5) is 0.0824.